The highest BCUT2D eigenvalue weighted by atomic mass is 127. The summed E-state index contributed by atoms with van der Waals surface area (Å²) >= 11 is 2.09. The van der Waals surface area contributed by atoms with Crippen LogP contribution in [0.1, 0.15) is 19.8 Å². The fourth-order valence-corrected chi connectivity index (χ4v) is 1.13. The predicted octanol–water partition coefficient (Wildman–Crippen LogP) is 3.31. The summed E-state index contributed by atoms with van der Waals surface area (Å²) in [5, 5.41) is 6.15. The van der Waals surface area contributed by atoms with Gasteiger partial charge in [0.1, 0.15) is 0 Å². The van der Waals surface area contributed by atoms with E-state index in [1.54, 1.807) is 0 Å². The largest absolute Gasteiger partial charge is 0.437 e. The van der Waals surface area contributed by atoms with Crippen molar-refractivity contribution in [2.45, 2.75) is 35.5 Å². The Morgan fingerprint density at radius 2 is 1.92 bits per heavy atom. The Balaban J connectivity index is 2.41. The van der Waals surface area contributed by atoms with Crippen molar-refractivity contribution in [2.24, 2.45) is 10.2 Å². The van der Waals surface area contributed by atoms with Crippen LogP contribution in [-0.4, -0.2) is 15.8 Å². The van der Waals surface area contributed by atoms with Crippen LogP contribution in [0.25, 0.3) is 0 Å². The molecule has 0 aromatic heterocycles. The van der Waals surface area contributed by atoms with E-state index in [9.17, 15) is 13.2 Å². The zero-order valence-corrected chi connectivity index (χ0v) is 8.56. The Morgan fingerprint density at radius 3 is 2.17 bits per heavy atom. The second kappa shape index (κ2) is 3.12. The number of halogens is 4. The maximum Gasteiger partial charge on any atom is 0.437 e. The molecule has 0 aliphatic carbocycles. The third-order valence-corrected chi connectivity index (χ3v) is 2.31. The fourth-order valence-electron chi connectivity index (χ4n) is 0.816. The number of hydrogen-bond acceptors (Lipinski definition) is 2. The van der Waals surface area contributed by atoms with Gasteiger partial charge in [0.15, 0.2) is 0 Å². The van der Waals surface area contributed by atoms with E-state index in [1.807, 2.05) is 6.92 Å². The van der Waals surface area contributed by atoms with Crippen molar-refractivity contribution in [1.29, 1.82) is 0 Å². The molecule has 1 atom stereocenters. The lowest BCUT2D eigenvalue weighted by atomic mass is 10.1. The second-order valence-electron chi connectivity index (χ2n) is 2.83. The summed E-state index contributed by atoms with van der Waals surface area (Å²) in [4.78, 5) is 0. The normalized spacial score (nSPS) is 22.4. The van der Waals surface area contributed by atoms with Crippen LogP contribution in [0.3, 0.4) is 0 Å². The first-order valence-corrected chi connectivity index (χ1v) is 4.77. The lowest BCUT2D eigenvalue weighted by Crippen LogP contribution is -2.32. The third kappa shape index (κ3) is 2.08. The topological polar surface area (TPSA) is 24.7 Å². The minimum absolute atomic E-state index is 0.0133. The van der Waals surface area contributed by atoms with Crippen molar-refractivity contribution in [1.82, 2.24) is 0 Å². The third-order valence-electron chi connectivity index (χ3n) is 1.69. The summed E-state index contributed by atoms with van der Waals surface area (Å²) < 4.78 is 36.7. The summed E-state index contributed by atoms with van der Waals surface area (Å²) in [6.45, 7) is 1.87. The van der Waals surface area contributed by atoms with Crippen LogP contribution in [-0.2, 0) is 0 Å². The Morgan fingerprint density at radius 1 is 1.42 bits per heavy atom. The van der Waals surface area contributed by atoms with E-state index >= 15 is 0 Å². The van der Waals surface area contributed by atoms with Crippen LogP contribution in [0.5, 0.6) is 0 Å². The molecule has 1 aliphatic heterocycles. The zero-order chi connectivity index (χ0) is 9.41. The zero-order valence-electron chi connectivity index (χ0n) is 6.40. The van der Waals surface area contributed by atoms with Gasteiger partial charge in [-0.2, -0.15) is 13.2 Å². The quantitative estimate of drug-likeness (QED) is 0.563. The van der Waals surface area contributed by atoms with E-state index < -0.39 is 11.8 Å². The summed E-state index contributed by atoms with van der Waals surface area (Å²) in [5.74, 6) is 0. The first-order chi connectivity index (χ1) is 5.37. The molecule has 0 fully saturated rings. The average molecular weight is 292 g/mol. The molecule has 0 bridgehead atoms. The van der Waals surface area contributed by atoms with Crippen LogP contribution in [0, 0.1) is 0 Å². The van der Waals surface area contributed by atoms with Gasteiger partial charge in [-0.25, -0.2) is 0 Å². The van der Waals surface area contributed by atoms with E-state index in [0.29, 0.717) is 6.42 Å². The number of hydrogen-bond donors (Lipinski definition) is 0. The molecule has 2 nitrogen and oxygen atoms in total. The Labute approximate surface area is 81.8 Å². The number of rotatable bonds is 3. The molecule has 0 spiro atoms. The molecule has 1 aliphatic rings. The van der Waals surface area contributed by atoms with Gasteiger partial charge in [0, 0.05) is 10.3 Å². The van der Waals surface area contributed by atoms with Gasteiger partial charge in [0.25, 0.3) is 5.66 Å². The van der Waals surface area contributed by atoms with Gasteiger partial charge in [-0.05, 0) is 6.42 Å². The molecule has 0 N–H and O–H groups in total. The summed E-state index contributed by atoms with van der Waals surface area (Å²) in [7, 11) is 0. The predicted molar refractivity (Wildman–Crippen MR) is 46.4 cm³/mol. The van der Waals surface area contributed by atoms with Crippen LogP contribution < -0.4 is 0 Å². The second-order valence-corrected chi connectivity index (χ2v) is 4.96. The first kappa shape index (κ1) is 10.2. The highest BCUT2D eigenvalue weighted by molar-refractivity contribution is 14.1. The molecule has 1 unspecified atom stereocenters. The van der Waals surface area contributed by atoms with Crippen molar-refractivity contribution in [3.8, 4) is 0 Å². The van der Waals surface area contributed by atoms with Gasteiger partial charge in [-0.1, -0.05) is 29.5 Å². The molecule has 0 radical (unpaired) electrons. The monoisotopic (exact) mass is 292 g/mol. The molecule has 0 saturated heterocycles. The summed E-state index contributed by atoms with van der Waals surface area (Å²) in [5.41, 5.74) is -2.04. The van der Waals surface area contributed by atoms with E-state index in [-0.39, 0.29) is 10.3 Å². The van der Waals surface area contributed by atoms with Crippen LogP contribution in [0.2, 0.25) is 0 Å². The Bertz CT molecular complexity index is 193. The van der Waals surface area contributed by atoms with Crippen molar-refractivity contribution in [3.05, 3.63) is 0 Å². The van der Waals surface area contributed by atoms with Crippen molar-refractivity contribution in [2.75, 3.05) is 0 Å². The van der Waals surface area contributed by atoms with Crippen molar-refractivity contribution in [3.63, 3.8) is 0 Å². The molecule has 0 aromatic rings. The molecule has 0 saturated carbocycles. The van der Waals surface area contributed by atoms with E-state index in [4.69, 9.17) is 0 Å². The van der Waals surface area contributed by atoms with E-state index in [0.717, 1.165) is 0 Å². The minimum atomic E-state index is -4.29. The SMILES string of the molecule is CC(I)CCC1(C(F)(F)F)N=N1. The van der Waals surface area contributed by atoms with Crippen molar-refractivity contribution >= 4 is 22.6 Å². The molecule has 12 heavy (non-hydrogen) atoms. The molecule has 0 aromatic carbocycles. The lowest BCUT2D eigenvalue weighted by Gasteiger charge is -2.14. The maximum absolute atomic E-state index is 12.2. The maximum atomic E-state index is 12.2. The highest BCUT2D eigenvalue weighted by Crippen LogP contribution is 2.47. The van der Waals surface area contributed by atoms with Crippen LogP contribution in [0.15, 0.2) is 10.2 Å². The number of alkyl halides is 4. The Hall–Kier alpha value is 0.120. The van der Waals surface area contributed by atoms with Gasteiger partial charge >= 0.3 is 6.18 Å². The molecule has 70 valence electrons. The van der Waals surface area contributed by atoms with E-state index in [2.05, 4.69) is 32.8 Å². The number of nitrogens with zero attached hydrogens (tertiary/aromatic N) is 2. The molecule has 1 heterocycles. The highest BCUT2D eigenvalue weighted by Gasteiger charge is 2.63. The van der Waals surface area contributed by atoms with Gasteiger partial charge < -0.3 is 0 Å². The van der Waals surface area contributed by atoms with E-state index in [1.165, 1.54) is 0 Å². The molecule has 0 amide bonds. The first-order valence-electron chi connectivity index (χ1n) is 3.52. The van der Waals surface area contributed by atoms with Gasteiger partial charge in [0.05, 0.1) is 0 Å². The molecular weight excluding hydrogens is 284 g/mol. The minimum Gasteiger partial charge on any atom is -0.166 e. The summed E-state index contributed by atoms with van der Waals surface area (Å²) in [6.07, 6.45) is -3.81. The molecule has 1 rings (SSSR count). The summed E-state index contributed by atoms with van der Waals surface area (Å²) in [6, 6.07) is 0. The van der Waals surface area contributed by atoms with Crippen LogP contribution >= 0.6 is 22.6 Å². The van der Waals surface area contributed by atoms with Crippen LogP contribution in [0.4, 0.5) is 13.2 Å². The Kier molecular flexibility index (Phi) is 2.65. The standard InChI is InChI=1S/C6H8F3IN2/c1-4(10)2-3-5(11-12-5)6(7,8)9/h4H,2-3H2,1H3. The van der Waals surface area contributed by atoms with Gasteiger partial charge in [-0.3, -0.25) is 0 Å². The smallest absolute Gasteiger partial charge is 0.166 e. The molecule has 6 heteroatoms. The van der Waals surface area contributed by atoms with Gasteiger partial charge in [-0.15, -0.1) is 10.2 Å². The lowest BCUT2D eigenvalue weighted by molar-refractivity contribution is -0.165. The van der Waals surface area contributed by atoms with Crippen molar-refractivity contribution < 1.29 is 13.2 Å². The molecular formula is C6H8F3IN2. The fraction of sp³-hybridized carbons (Fsp3) is 1.00. The van der Waals surface area contributed by atoms with Gasteiger partial charge in [0.2, 0.25) is 0 Å². The average Bonchev–Trinajstić information content (AvgIpc) is 2.60.